The first-order chi connectivity index (χ1) is 12.7. The molecule has 7 heteroatoms. The molecule has 0 fully saturated rings. The minimum atomic E-state index is -0.0465. The quantitative estimate of drug-likeness (QED) is 0.619. The van der Waals surface area contributed by atoms with Gasteiger partial charge in [-0.25, -0.2) is 9.97 Å². The van der Waals surface area contributed by atoms with Crippen LogP contribution in [0.25, 0.3) is 11.1 Å². The molecular formula is C19H19ClN4O2. The molecule has 0 amide bonds. The van der Waals surface area contributed by atoms with Crippen LogP contribution >= 0.6 is 11.6 Å². The molecule has 1 heterocycles. The van der Waals surface area contributed by atoms with Gasteiger partial charge in [-0.1, -0.05) is 41.9 Å². The molecule has 26 heavy (non-hydrogen) atoms. The van der Waals surface area contributed by atoms with Crippen molar-refractivity contribution in [2.75, 3.05) is 30.7 Å². The summed E-state index contributed by atoms with van der Waals surface area (Å²) in [5.74, 6) is 1.25. The number of halogens is 1. The Kier molecular flexibility index (Phi) is 5.88. The zero-order valence-electron chi connectivity index (χ0n) is 14.3. The Morgan fingerprint density at radius 1 is 1.19 bits per heavy atom. The Hall–Kier alpha value is -2.83. The topological polar surface area (TPSA) is 70.5 Å². The second-order valence-electron chi connectivity index (χ2n) is 5.46. The van der Waals surface area contributed by atoms with E-state index in [1.807, 2.05) is 36.4 Å². The highest BCUT2D eigenvalue weighted by molar-refractivity contribution is 6.32. The van der Waals surface area contributed by atoms with Crippen molar-refractivity contribution in [3.05, 3.63) is 66.1 Å². The van der Waals surface area contributed by atoms with Crippen molar-refractivity contribution in [3.8, 4) is 16.9 Å². The van der Waals surface area contributed by atoms with E-state index in [9.17, 15) is 5.11 Å². The fourth-order valence-corrected chi connectivity index (χ4v) is 2.82. The molecule has 0 aliphatic heterocycles. The maximum atomic E-state index is 9.50. The van der Waals surface area contributed by atoms with E-state index in [2.05, 4.69) is 15.4 Å². The molecule has 1 aromatic heterocycles. The lowest BCUT2D eigenvalue weighted by Gasteiger charge is -2.26. The molecule has 0 spiro atoms. The van der Waals surface area contributed by atoms with Crippen molar-refractivity contribution in [2.45, 2.75) is 0 Å². The first kappa shape index (κ1) is 18.0. The number of hydrazine groups is 1. The monoisotopic (exact) mass is 370 g/mol. The zero-order chi connectivity index (χ0) is 18.4. The van der Waals surface area contributed by atoms with E-state index in [1.54, 1.807) is 30.4 Å². The number of nitrogens with zero attached hydrogens (tertiary/aromatic N) is 3. The fourth-order valence-electron chi connectivity index (χ4n) is 2.57. The van der Waals surface area contributed by atoms with Crippen LogP contribution in [0.2, 0.25) is 5.02 Å². The summed E-state index contributed by atoms with van der Waals surface area (Å²) in [6.45, 7) is 0.287. The highest BCUT2D eigenvalue weighted by atomic mass is 35.5. The predicted octanol–water partition coefficient (Wildman–Crippen LogP) is 3.63. The molecule has 3 aromatic rings. The molecule has 0 saturated heterocycles. The Morgan fingerprint density at radius 3 is 2.69 bits per heavy atom. The van der Waals surface area contributed by atoms with Gasteiger partial charge < -0.3 is 9.84 Å². The van der Waals surface area contributed by atoms with Gasteiger partial charge in [0, 0.05) is 11.8 Å². The molecule has 3 rings (SSSR count). The van der Waals surface area contributed by atoms with Gasteiger partial charge in [-0.15, -0.1) is 0 Å². The predicted molar refractivity (Wildman–Crippen MR) is 104 cm³/mol. The number of rotatable bonds is 7. The molecule has 2 aromatic carbocycles. The van der Waals surface area contributed by atoms with Crippen LogP contribution in [0.15, 0.2) is 61.1 Å². The van der Waals surface area contributed by atoms with Crippen molar-refractivity contribution in [1.82, 2.24) is 9.97 Å². The van der Waals surface area contributed by atoms with Crippen molar-refractivity contribution in [1.29, 1.82) is 0 Å². The van der Waals surface area contributed by atoms with Crippen molar-refractivity contribution in [2.24, 2.45) is 0 Å². The lowest BCUT2D eigenvalue weighted by atomic mass is 10.1. The van der Waals surface area contributed by atoms with Gasteiger partial charge >= 0.3 is 0 Å². The molecule has 0 bridgehead atoms. The van der Waals surface area contributed by atoms with Gasteiger partial charge in [0.1, 0.15) is 12.1 Å². The lowest BCUT2D eigenvalue weighted by molar-refractivity contribution is 0.303. The Balaban J connectivity index is 1.95. The minimum absolute atomic E-state index is 0.0465. The standard InChI is InChI=1S/C19H19ClN4O2/c1-26-18-8-7-15(11-17(18)20)23-24(9-10-25)19-16(12-21-13-22-19)14-5-3-2-4-6-14/h2-8,11-13,23,25H,9-10H2,1H3. The molecule has 0 atom stereocenters. The number of ether oxygens (including phenoxy) is 1. The molecule has 134 valence electrons. The summed E-state index contributed by atoms with van der Waals surface area (Å²) in [4.78, 5) is 8.55. The smallest absolute Gasteiger partial charge is 0.158 e. The molecule has 0 aliphatic carbocycles. The van der Waals surface area contributed by atoms with Crippen LogP contribution < -0.4 is 15.2 Å². The molecule has 0 saturated carbocycles. The number of aromatic nitrogens is 2. The number of aliphatic hydroxyl groups is 1. The van der Waals surface area contributed by atoms with Crippen LogP contribution in [-0.2, 0) is 0 Å². The van der Waals surface area contributed by atoms with Crippen LogP contribution in [0, 0.1) is 0 Å². The van der Waals surface area contributed by atoms with Crippen LogP contribution in [0.3, 0.4) is 0 Å². The van der Waals surface area contributed by atoms with E-state index >= 15 is 0 Å². The molecule has 6 nitrogen and oxygen atoms in total. The fraction of sp³-hybridized carbons (Fsp3) is 0.158. The number of nitrogens with one attached hydrogen (secondary N) is 1. The molecule has 0 unspecified atom stereocenters. The largest absolute Gasteiger partial charge is 0.495 e. The number of aliphatic hydroxyl groups excluding tert-OH is 1. The Morgan fingerprint density at radius 2 is 2.00 bits per heavy atom. The normalized spacial score (nSPS) is 10.4. The third-order valence-corrected chi connectivity index (χ3v) is 4.07. The average Bonchev–Trinajstić information content (AvgIpc) is 2.68. The van der Waals surface area contributed by atoms with Crippen LogP contribution in [0.4, 0.5) is 11.5 Å². The second kappa shape index (κ2) is 8.51. The summed E-state index contributed by atoms with van der Waals surface area (Å²) in [5, 5.41) is 11.8. The van der Waals surface area contributed by atoms with Gasteiger partial charge in [-0.2, -0.15) is 0 Å². The number of anilines is 2. The molecule has 0 radical (unpaired) electrons. The number of hydrogen-bond donors (Lipinski definition) is 2. The SMILES string of the molecule is COc1ccc(NN(CCO)c2ncncc2-c2ccccc2)cc1Cl. The second-order valence-corrected chi connectivity index (χ2v) is 5.87. The van der Waals surface area contributed by atoms with Crippen LogP contribution in [0.1, 0.15) is 0 Å². The van der Waals surface area contributed by atoms with E-state index in [0.717, 1.165) is 16.8 Å². The summed E-state index contributed by atoms with van der Waals surface area (Å²) in [6, 6.07) is 15.2. The maximum absolute atomic E-state index is 9.50. The zero-order valence-corrected chi connectivity index (χ0v) is 15.0. The van der Waals surface area contributed by atoms with Gasteiger partial charge in [0.25, 0.3) is 0 Å². The van der Waals surface area contributed by atoms with Crippen LogP contribution in [0.5, 0.6) is 5.75 Å². The average molecular weight is 371 g/mol. The Labute approximate surface area is 157 Å². The number of benzene rings is 2. The van der Waals surface area contributed by atoms with E-state index in [0.29, 0.717) is 23.1 Å². The Bertz CT molecular complexity index is 861. The molecule has 0 aliphatic rings. The number of methoxy groups -OCH3 is 1. The molecule has 2 N–H and O–H groups in total. The van der Waals surface area contributed by atoms with Crippen molar-refractivity contribution in [3.63, 3.8) is 0 Å². The highest BCUT2D eigenvalue weighted by Crippen LogP contribution is 2.30. The summed E-state index contributed by atoms with van der Waals surface area (Å²) in [6.07, 6.45) is 3.24. The number of hydrogen-bond acceptors (Lipinski definition) is 6. The van der Waals surface area contributed by atoms with Gasteiger partial charge in [-0.05, 0) is 23.8 Å². The minimum Gasteiger partial charge on any atom is -0.495 e. The van der Waals surface area contributed by atoms with Gasteiger partial charge in [0.05, 0.1) is 31.0 Å². The third kappa shape index (κ3) is 4.04. The molecular weight excluding hydrogens is 352 g/mol. The van der Waals surface area contributed by atoms with Crippen molar-refractivity contribution >= 4 is 23.1 Å². The summed E-state index contributed by atoms with van der Waals surface area (Å²) in [7, 11) is 1.57. The summed E-state index contributed by atoms with van der Waals surface area (Å²) >= 11 is 6.20. The van der Waals surface area contributed by atoms with E-state index < -0.39 is 0 Å². The first-order valence-corrected chi connectivity index (χ1v) is 8.44. The van der Waals surface area contributed by atoms with E-state index in [4.69, 9.17) is 16.3 Å². The van der Waals surface area contributed by atoms with Gasteiger partial charge in [0.2, 0.25) is 0 Å². The van der Waals surface area contributed by atoms with Gasteiger partial charge in [0.15, 0.2) is 5.82 Å². The third-order valence-electron chi connectivity index (χ3n) is 3.77. The van der Waals surface area contributed by atoms with Crippen molar-refractivity contribution < 1.29 is 9.84 Å². The first-order valence-electron chi connectivity index (χ1n) is 8.07. The van der Waals surface area contributed by atoms with E-state index in [1.165, 1.54) is 6.33 Å². The van der Waals surface area contributed by atoms with E-state index in [-0.39, 0.29) is 6.61 Å². The summed E-state index contributed by atoms with van der Waals surface area (Å²) < 4.78 is 5.18. The maximum Gasteiger partial charge on any atom is 0.158 e. The summed E-state index contributed by atoms with van der Waals surface area (Å²) in [5.41, 5.74) is 5.84. The highest BCUT2D eigenvalue weighted by Gasteiger charge is 2.15. The lowest BCUT2D eigenvalue weighted by Crippen LogP contribution is -2.34. The van der Waals surface area contributed by atoms with Gasteiger partial charge in [-0.3, -0.25) is 10.4 Å². The van der Waals surface area contributed by atoms with Crippen LogP contribution in [-0.4, -0.2) is 35.3 Å².